The van der Waals surface area contributed by atoms with Gasteiger partial charge in [-0.05, 0) is 18.9 Å². The van der Waals surface area contributed by atoms with Crippen LogP contribution >= 0.6 is 0 Å². The van der Waals surface area contributed by atoms with Crippen molar-refractivity contribution in [2.45, 2.75) is 18.9 Å². The van der Waals surface area contributed by atoms with E-state index in [4.69, 9.17) is 0 Å². The summed E-state index contributed by atoms with van der Waals surface area (Å²) in [4.78, 5) is 26.7. The van der Waals surface area contributed by atoms with Crippen molar-refractivity contribution in [1.82, 2.24) is 19.5 Å². The molecule has 2 aromatic rings. The van der Waals surface area contributed by atoms with Gasteiger partial charge in [0, 0.05) is 25.9 Å². The van der Waals surface area contributed by atoms with Gasteiger partial charge in [-0.1, -0.05) is 0 Å². The molecule has 0 bridgehead atoms. The summed E-state index contributed by atoms with van der Waals surface area (Å²) in [5.41, 5.74) is 1.000. The van der Waals surface area contributed by atoms with Crippen LogP contribution < -0.4 is 10.5 Å². The van der Waals surface area contributed by atoms with Crippen LogP contribution in [0.1, 0.15) is 12.8 Å². The lowest BCUT2D eigenvalue weighted by atomic mass is 10.2. The van der Waals surface area contributed by atoms with Gasteiger partial charge in [0.25, 0.3) is 5.56 Å². The molecule has 0 aliphatic carbocycles. The summed E-state index contributed by atoms with van der Waals surface area (Å²) < 4.78 is 1.51. The van der Waals surface area contributed by atoms with Crippen LogP contribution in [-0.4, -0.2) is 43.8 Å². The highest BCUT2D eigenvalue weighted by Gasteiger charge is 2.27. The molecular formula is C14H17N5O2. The summed E-state index contributed by atoms with van der Waals surface area (Å²) in [7, 11) is 1.70. The molecule has 0 aromatic carbocycles. The smallest absolute Gasteiger partial charge is 0.255 e. The molecule has 1 atom stereocenters. The minimum Gasteiger partial charge on any atom is -0.394 e. The number of aromatic nitrogens is 4. The third-order valence-electron chi connectivity index (χ3n) is 3.80. The first-order valence-corrected chi connectivity index (χ1v) is 6.92. The molecule has 1 aliphatic heterocycles. The second kappa shape index (κ2) is 5.61. The first-order valence-electron chi connectivity index (χ1n) is 6.92. The molecule has 21 heavy (non-hydrogen) atoms. The predicted molar refractivity (Wildman–Crippen MR) is 78.0 cm³/mol. The van der Waals surface area contributed by atoms with Gasteiger partial charge in [-0.15, -0.1) is 0 Å². The number of aliphatic hydroxyl groups excluding tert-OH is 1. The van der Waals surface area contributed by atoms with E-state index in [-0.39, 0.29) is 18.2 Å². The van der Waals surface area contributed by atoms with Crippen LogP contribution in [0.3, 0.4) is 0 Å². The van der Waals surface area contributed by atoms with Gasteiger partial charge in [0.15, 0.2) is 0 Å². The molecule has 3 heterocycles. The van der Waals surface area contributed by atoms with Gasteiger partial charge in [-0.2, -0.15) is 0 Å². The van der Waals surface area contributed by atoms with E-state index in [1.165, 1.54) is 17.0 Å². The molecule has 3 rings (SSSR count). The molecule has 1 fully saturated rings. The van der Waals surface area contributed by atoms with E-state index in [2.05, 4.69) is 15.0 Å². The molecule has 1 N–H and O–H groups in total. The summed E-state index contributed by atoms with van der Waals surface area (Å²) in [5, 5.41) is 9.47. The van der Waals surface area contributed by atoms with Crippen molar-refractivity contribution in [2.75, 3.05) is 18.1 Å². The Kier molecular flexibility index (Phi) is 3.66. The Balaban J connectivity index is 2.09. The van der Waals surface area contributed by atoms with Gasteiger partial charge in [-0.25, -0.2) is 15.0 Å². The summed E-state index contributed by atoms with van der Waals surface area (Å²) in [6, 6.07) is 3.21. The van der Waals surface area contributed by atoms with Crippen LogP contribution in [0.5, 0.6) is 0 Å². The largest absolute Gasteiger partial charge is 0.394 e. The van der Waals surface area contributed by atoms with Crippen LogP contribution in [0.15, 0.2) is 29.5 Å². The lowest BCUT2D eigenvalue weighted by Gasteiger charge is -2.25. The fourth-order valence-corrected chi connectivity index (χ4v) is 2.65. The van der Waals surface area contributed by atoms with Crippen molar-refractivity contribution < 1.29 is 5.11 Å². The minimum atomic E-state index is -0.141. The van der Waals surface area contributed by atoms with E-state index < -0.39 is 0 Å². The molecule has 2 aromatic heterocycles. The van der Waals surface area contributed by atoms with E-state index in [0.717, 1.165) is 19.4 Å². The molecular weight excluding hydrogens is 270 g/mol. The zero-order valence-electron chi connectivity index (χ0n) is 11.8. The average molecular weight is 287 g/mol. The van der Waals surface area contributed by atoms with Crippen LogP contribution in [0.4, 0.5) is 5.95 Å². The lowest BCUT2D eigenvalue weighted by Crippen LogP contribution is -2.37. The molecule has 0 amide bonds. The van der Waals surface area contributed by atoms with Gasteiger partial charge in [0.1, 0.15) is 6.33 Å². The number of hydrogen-bond acceptors (Lipinski definition) is 6. The highest BCUT2D eigenvalue weighted by Crippen LogP contribution is 2.24. The molecule has 1 aliphatic rings. The fraction of sp³-hybridized carbons (Fsp3) is 0.429. The molecule has 7 nitrogen and oxygen atoms in total. The predicted octanol–water partition coefficient (Wildman–Crippen LogP) is 0.198. The maximum absolute atomic E-state index is 12.2. The summed E-state index contributed by atoms with van der Waals surface area (Å²) in [5.74, 6) is 0.577. The van der Waals surface area contributed by atoms with Crippen LogP contribution in [0, 0.1) is 0 Å². The number of nitrogens with zero attached hydrogens (tertiary/aromatic N) is 5. The van der Waals surface area contributed by atoms with Crippen molar-refractivity contribution in [2.24, 2.45) is 7.05 Å². The van der Waals surface area contributed by atoms with Crippen molar-refractivity contribution in [1.29, 1.82) is 0 Å². The first-order chi connectivity index (χ1) is 10.2. The molecule has 7 heteroatoms. The zero-order valence-corrected chi connectivity index (χ0v) is 11.8. The van der Waals surface area contributed by atoms with Gasteiger partial charge >= 0.3 is 0 Å². The first kappa shape index (κ1) is 13.7. The number of rotatable bonds is 3. The maximum atomic E-state index is 12.2. The Hall–Kier alpha value is -2.28. The van der Waals surface area contributed by atoms with Gasteiger partial charge < -0.3 is 10.0 Å². The standard InChI is InChI=1S/C14H17N5O2/c1-18-13(21)7-12(11-4-5-15-9-16-11)17-14(18)19-6-2-3-10(19)8-20/h4-5,7,9-10,20H,2-3,6,8H2,1H3/t10-/m0/s1. The van der Waals surface area contributed by atoms with Crippen molar-refractivity contribution in [3.8, 4) is 11.4 Å². The zero-order chi connectivity index (χ0) is 14.8. The van der Waals surface area contributed by atoms with Crippen LogP contribution in [0.2, 0.25) is 0 Å². The summed E-state index contributed by atoms with van der Waals surface area (Å²) >= 11 is 0. The molecule has 0 unspecified atom stereocenters. The maximum Gasteiger partial charge on any atom is 0.255 e. The SMILES string of the molecule is Cn1c(N2CCC[C@H]2CO)nc(-c2ccncn2)cc1=O. The lowest BCUT2D eigenvalue weighted by molar-refractivity contribution is 0.265. The second-order valence-electron chi connectivity index (χ2n) is 5.11. The summed E-state index contributed by atoms with van der Waals surface area (Å²) in [6.07, 6.45) is 4.94. The van der Waals surface area contributed by atoms with E-state index in [9.17, 15) is 9.90 Å². The summed E-state index contributed by atoms with van der Waals surface area (Å²) in [6.45, 7) is 0.854. The van der Waals surface area contributed by atoms with E-state index >= 15 is 0 Å². The Labute approximate surface area is 121 Å². The third-order valence-corrected chi connectivity index (χ3v) is 3.80. The Morgan fingerprint density at radius 2 is 2.29 bits per heavy atom. The monoisotopic (exact) mass is 287 g/mol. The van der Waals surface area contributed by atoms with Crippen molar-refractivity contribution in [3.05, 3.63) is 35.0 Å². The van der Waals surface area contributed by atoms with E-state index in [0.29, 0.717) is 17.3 Å². The highest BCUT2D eigenvalue weighted by molar-refractivity contribution is 5.55. The van der Waals surface area contributed by atoms with Gasteiger partial charge in [0.2, 0.25) is 5.95 Å². The Bertz CT molecular complexity index is 686. The number of anilines is 1. The average Bonchev–Trinajstić information content (AvgIpc) is 2.99. The van der Waals surface area contributed by atoms with Gasteiger partial charge in [0.05, 0.1) is 24.0 Å². The second-order valence-corrected chi connectivity index (χ2v) is 5.11. The fourth-order valence-electron chi connectivity index (χ4n) is 2.65. The van der Waals surface area contributed by atoms with E-state index in [1.54, 1.807) is 19.3 Å². The number of aliphatic hydroxyl groups is 1. The third kappa shape index (κ3) is 2.52. The number of hydrogen-bond donors (Lipinski definition) is 1. The van der Waals surface area contributed by atoms with E-state index in [1.807, 2.05) is 4.90 Å². The van der Waals surface area contributed by atoms with Gasteiger partial charge in [-0.3, -0.25) is 9.36 Å². The normalized spacial score (nSPS) is 18.2. The quantitative estimate of drug-likeness (QED) is 0.868. The van der Waals surface area contributed by atoms with Crippen molar-refractivity contribution >= 4 is 5.95 Å². The highest BCUT2D eigenvalue weighted by atomic mass is 16.3. The van der Waals surface area contributed by atoms with Crippen LogP contribution in [-0.2, 0) is 7.05 Å². The topological polar surface area (TPSA) is 84.1 Å². The molecule has 0 saturated carbocycles. The molecule has 0 spiro atoms. The molecule has 110 valence electrons. The molecule has 1 saturated heterocycles. The molecule has 0 radical (unpaired) electrons. The van der Waals surface area contributed by atoms with Crippen molar-refractivity contribution in [3.63, 3.8) is 0 Å². The Morgan fingerprint density at radius 1 is 1.43 bits per heavy atom. The minimum absolute atomic E-state index is 0.0174. The Morgan fingerprint density at radius 3 is 3.00 bits per heavy atom. The van der Waals surface area contributed by atoms with Crippen LogP contribution in [0.25, 0.3) is 11.4 Å².